The van der Waals surface area contributed by atoms with E-state index in [9.17, 15) is 18.7 Å². The van der Waals surface area contributed by atoms with E-state index in [1.54, 1.807) is 0 Å². The zero-order valence-electron chi connectivity index (χ0n) is 11.2. The van der Waals surface area contributed by atoms with E-state index in [4.69, 9.17) is 5.53 Å². The quantitative estimate of drug-likeness (QED) is 0.516. The monoisotopic (exact) mass is 303 g/mol. The molecule has 5 nitrogen and oxygen atoms in total. The predicted octanol–water partition coefficient (Wildman–Crippen LogP) is 3.86. The van der Waals surface area contributed by atoms with Crippen LogP contribution in [0.3, 0.4) is 0 Å². The van der Waals surface area contributed by atoms with Crippen LogP contribution in [0.2, 0.25) is 0 Å². The third-order valence-electron chi connectivity index (χ3n) is 3.20. The molecule has 2 aromatic rings. The van der Waals surface area contributed by atoms with Crippen molar-refractivity contribution in [2.24, 2.45) is 5.11 Å². The van der Waals surface area contributed by atoms with Gasteiger partial charge in [-0.25, -0.2) is 8.78 Å². The summed E-state index contributed by atoms with van der Waals surface area (Å²) in [6.07, 6.45) is 0. The van der Waals surface area contributed by atoms with Crippen molar-refractivity contribution in [3.63, 3.8) is 0 Å². The first-order chi connectivity index (χ1) is 10.5. The number of carbonyl (C=O) groups is 1. The number of carboxylic acid groups (broad SMARTS) is 1. The Labute approximate surface area is 124 Å². The summed E-state index contributed by atoms with van der Waals surface area (Å²) in [6, 6.07) is 8.93. The standard InChI is InChI=1S/C15H11F2N3O2/c16-11-5-1-9(2-6-11)13(14(15(21)22)19-20-18)10-3-7-12(17)8-4-10/h1-8,13-14H,(H,21,22). The van der Waals surface area contributed by atoms with Crippen LogP contribution in [0.5, 0.6) is 0 Å². The molecule has 0 fully saturated rings. The van der Waals surface area contributed by atoms with Crippen LogP contribution in [0.1, 0.15) is 17.0 Å². The molecule has 0 aliphatic carbocycles. The van der Waals surface area contributed by atoms with Gasteiger partial charge in [0.25, 0.3) is 0 Å². The number of hydrogen-bond donors (Lipinski definition) is 1. The number of halogens is 2. The molecule has 2 rings (SSSR count). The summed E-state index contributed by atoms with van der Waals surface area (Å²) >= 11 is 0. The fraction of sp³-hybridized carbons (Fsp3) is 0.133. The van der Waals surface area contributed by atoms with E-state index in [1.165, 1.54) is 48.5 Å². The number of hydrogen-bond acceptors (Lipinski definition) is 2. The molecule has 0 aromatic heterocycles. The van der Waals surface area contributed by atoms with Gasteiger partial charge in [-0.3, -0.25) is 4.79 Å². The van der Waals surface area contributed by atoms with Gasteiger partial charge in [0.2, 0.25) is 0 Å². The van der Waals surface area contributed by atoms with Crippen LogP contribution in [-0.2, 0) is 4.79 Å². The molecule has 2 aromatic carbocycles. The van der Waals surface area contributed by atoms with Crippen LogP contribution in [0.4, 0.5) is 8.78 Å². The molecule has 1 atom stereocenters. The van der Waals surface area contributed by atoms with Crippen molar-refractivity contribution in [3.8, 4) is 0 Å². The molecule has 1 unspecified atom stereocenters. The van der Waals surface area contributed by atoms with Gasteiger partial charge in [0.1, 0.15) is 17.7 Å². The Morgan fingerprint density at radius 3 is 1.73 bits per heavy atom. The molecular formula is C15H11F2N3O2. The van der Waals surface area contributed by atoms with E-state index < -0.39 is 29.6 Å². The predicted molar refractivity (Wildman–Crippen MR) is 75.2 cm³/mol. The Morgan fingerprint density at radius 1 is 1.00 bits per heavy atom. The average Bonchev–Trinajstić information content (AvgIpc) is 2.50. The highest BCUT2D eigenvalue weighted by atomic mass is 19.1. The molecule has 0 saturated heterocycles. The number of carboxylic acids is 1. The zero-order valence-corrected chi connectivity index (χ0v) is 11.2. The summed E-state index contributed by atoms with van der Waals surface area (Å²) < 4.78 is 26.1. The fourth-order valence-corrected chi connectivity index (χ4v) is 2.21. The molecule has 0 radical (unpaired) electrons. The molecule has 0 aliphatic rings. The summed E-state index contributed by atoms with van der Waals surface area (Å²) in [5.74, 6) is -3.12. The maximum Gasteiger partial charge on any atom is 0.313 e. The lowest BCUT2D eigenvalue weighted by molar-refractivity contribution is -0.138. The molecule has 0 amide bonds. The van der Waals surface area contributed by atoms with Gasteiger partial charge >= 0.3 is 5.97 Å². The van der Waals surface area contributed by atoms with Crippen molar-refractivity contribution < 1.29 is 18.7 Å². The van der Waals surface area contributed by atoms with Crippen LogP contribution in [-0.4, -0.2) is 17.1 Å². The van der Waals surface area contributed by atoms with E-state index in [2.05, 4.69) is 10.0 Å². The summed E-state index contributed by atoms with van der Waals surface area (Å²) in [5.41, 5.74) is 9.49. The summed E-state index contributed by atoms with van der Waals surface area (Å²) in [4.78, 5) is 14.0. The van der Waals surface area contributed by atoms with E-state index in [0.717, 1.165) is 0 Å². The Balaban J connectivity index is 2.57. The van der Waals surface area contributed by atoms with Crippen molar-refractivity contribution in [3.05, 3.63) is 81.7 Å². The number of aliphatic carboxylic acids is 1. The zero-order chi connectivity index (χ0) is 16.1. The summed E-state index contributed by atoms with van der Waals surface area (Å²) in [6.45, 7) is 0. The molecular weight excluding hydrogens is 292 g/mol. The molecule has 1 N–H and O–H groups in total. The van der Waals surface area contributed by atoms with Gasteiger partial charge in [0.15, 0.2) is 0 Å². The average molecular weight is 303 g/mol. The van der Waals surface area contributed by atoms with Crippen LogP contribution in [0.25, 0.3) is 10.4 Å². The molecule has 0 saturated carbocycles. The number of benzene rings is 2. The molecule has 22 heavy (non-hydrogen) atoms. The van der Waals surface area contributed by atoms with E-state index in [1.807, 2.05) is 0 Å². The number of nitrogens with zero attached hydrogens (tertiary/aromatic N) is 3. The lowest BCUT2D eigenvalue weighted by Crippen LogP contribution is -2.26. The highest BCUT2D eigenvalue weighted by Crippen LogP contribution is 2.30. The molecule has 7 heteroatoms. The first kappa shape index (κ1) is 15.5. The largest absolute Gasteiger partial charge is 0.481 e. The van der Waals surface area contributed by atoms with Gasteiger partial charge in [-0.05, 0) is 40.9 Å². The normalized spacial score (nSPS) is 11.8. The summed E-state index contributed by atoms with van der Waals surface area (Å²) in [5, 5.41) is 12.6. The highest BCUT2D eigenvalue weighted by Gasteiger charge is 2.30. The smallest absolute Gasteiger partial charge is 0.313 e. The molecule has 0 aliphatic heterocycles. The minimum Gasteiger partial charge on any atom is -0.481 e. The van der Waals surface area contributed by atoms with Crippen molar-refractivity contribution >= 4 is 5.97 Å². The Morgan fingerprint density at radius 2 is 1.41 bits per heavy atom. The van der Waals surface area contributed by atoms with Crippen molar-refractivity contribution in [2.45, 2.75) is 12.0 Å². The van der Waals surface area contributed by atoms with Gasteiger partial charge in [-0.1, -0.05) is 29.4 Å². The first-order valence-corrected chi connectivity index (χ1v) is 6.31. The van der Waals surface area contributed by atoms with Gasteiger partial charge < -0.3 is 5.11 Å². The van der Waals surface area contributed by atoms with Crippen LogP contribution >= 0.6 is 0 Å². The highest BCUT2D eigenvalue weighted by molar-refractivity contribution is 5.76. The minimum atomic E-state index is -1.43. The lowest BCUT2D eigenvalue weighted by Gasteiger charge is -2.21. The van der Waals surface area contributed by atoms with Crippen LogP contribution in [0.15, 0.2) is 53.6 Å². The first-order valence-electron chi connectivity index (χ1n) is 6.31. The SMILES string of the molecule is [N-]=[N+]=NC(C(=O)O)C(c1ccc(F)cc1)c1ccc(F)cc1. The second-order valence-electron chi connectivity index (χ2n) is 4.57. The molecule has 0 spiro atoms. The minimum absolute atomic E-state index is 0.452. The van der Waals surface area contributed by atoms with E-state index in [-0.39, 0.29) is 0 Å². The lowest BCUT2D eigenvalue weighted by atomic mass is 9.85. The molecule has 112 valence electrons. The Kier molecular flexibility index (Phi) is 4.70. The fourth-order valence-electron chi connectivity index (χ4n) is 2.21. The number of azide groups is 1. The van der Waals surface area contributed by atoms with Crippen molar-refractivity contribution in [1.29, 1.82) is 0 Å². The van der Waals surface area contributed by atoms with Gasteiger partial charge in [0, 0.05) is 10.8 Å². The van der Waals surface area contributed by atoms with Gasteiger partial charge in [-0.15, -0.1) is 0 Å². The van der Waals surface area contributed by atoms with Crippen molar-refractivity contribution in [2.75, 3.05) is 0 Å². The Hall–Kier alpha value is -2.92. The van der Waals surface area contributed by atoms with Crippen LogP contribution in [0, 0.1) is 11.6 Å². The third-order valence-corrected chi connectivity index (χ3v) is 3.20. The van der Waals surface area contributed by atoms with Crippen molar-refractivity contribution in [1.82, 2.24) is 0 Å². The van der Waals surface area contributed by atoms with E-state index in [0.29, 0.717) is 11.1 Å². The molecule has 0 heterocycles. The second kappa shape index (κ2) is 6.69. The Bertz CT molecular complexity index is 663. The summed E-state index contributed by atoms with van der Waals surface area (Å²) in [7, 11) is 0. The number of rotatable bonds is 5. The van der Waals surface area contributed by atoms with Gasteiger partial charge in [-0.2, -0.15) is 0 Å². The van der Waals surface area contributed by atoms with E-state index >= 15 is 0 Å². The van der Waals surface area contributed by atoms with Crippen LogP contribution < -0.4 is 0 Å². The topological polar surface area (TPSA) is 86.1 Å². The molecule has 0 bridgehead atoms. The maximum atomic E-state index is 13.1. The third kappa shape index (κ3) is 3.39. The van der Waals surface area contributed by atoms with Gasteiger partial charge in [0.05, 0.1) is 0 Å². The second-order valence-corrected chi connectivity index (χ2v) is 4.57. The maximum absolute atomic E-state index is 13.1.